The van der Waals surface area contributed by atoms with Crippen molar-refractivity contribution in [2.45, 2.75) is 4.34 Å². The van der Waals surface area contributed by atoms with Crippen molar-refractivity contribution >= 4 is 53.0 Å². The third kappa shape index (κ3) is 2.11. The van der Waals surface area contributed by atoms with Gasteiger partial charge in [0.2, 0.25) is 5.78 Å². The second-order valence-electron chi connectivity index (χ2n) is 2.98. The maximum atomic E-state index is 5.26. The maximum absolute atomic E-state index is 5.26. The van der Waals surface area contributed by atoms with Crippen LogP contribution in [0.3, 0.4) is 0 Å². The smallest absolute Gasteiger partial charge is 0.408 e. The van der Waals surface area contributed by atoms with Gasteiger partial charge in [-0.3, -0.25) is 4.40 Å². The maximum Gasteiger partial charge on any atom is 1.00 e. The van der Waals surface area contributed by atoms with Crippen LogP contribution in [0, 0.1) is 3.95 Å². The Balaban J connectivity index is 0.000000963. The molecule has 2 aromatic heterocycles. The molecule has 0 N–H and O–H groups in total. The molecule has 7 heteroatoms. The third-order valence-electron chi connectivity index (χ3n) is 2.09. The Kier molecular flexibility index (Phi) is 4.08. The monoisotopic (exact) mass is 289 g/mol. The van der Waals surface area contributed by atoms with Crippen LogP contribution in [0.5, 0.6) is 0 Å². The van der Waals surface area contributed by atoms with E-state index in [-0.39, 0.29) is 51.4 Å². The molecule has 3 nitrogen and oxygen atoms in total. The average Bonchev–Trinajstić information content (AvgIpc) is 2.54. The Bertz CT molecular complexity index is 719. The molecule has 0 saturated heterocycles. The number of hydrogen-bond acceptors (Lipinski definition) is 5. The first kappa shape index (κ1) is 13.0. The van der Waals surface area contributed by atoms with E-state index in [2.05, 4.69) is 9.97 Å². The van der Waals surface area contributed by atoms with Crippen molar-refractivity contribution in [1.82, 2.24) is 14.4 Å². The van der Waals surface area contributed by atoms with Gasteiger partial charge in [0.15, 0.2) is 0 Å². The van der Waals surface area contributed by atoms with E-state index < -0.39 is 0 Å². The summed E-state index contributed by atoms with van der Waals surface area (Å²) in [7, 11) is 0. The minimum absolute atomic E-state index is 0. The van der Waals surface area contributed by atoms with Crippen LogP contribution in [0.25, 0.3) is 16.8 Å². The van der Waals surface area contributed by atoms with Crippen molar-refractivity contribution in [2.24, 2.45) is 0 Å². The molecule has 0 aliphatic carbocycles. The summed E-state index contributed by atoms with van der Waals surface area (Å²) in [5.74, 6) is 0.588. The molecule has 0 unspecified atom stereocenters. The molecule has 74 valence electrons. The molecule has 0 saturated carbocycles. The van der Waals surface area contributed by atoms with E-state index in [1.54, 1.807) is 0 Å². The first-order valence-electron chi connectivity index (χ1n) is 4.21. The molecular weight excluding hydrogens is 285 g/mol. The Morgan fingerprint density at radius 1 is 1.25 bits per heavy atom. The SMILES string of the molecule is S=c1sc([S-])nc2nc3ccccc3n12.[K+]. The van der Waals surface area contributed by atoms with Gasteiger partial charge in [0, 0.05) is 0 Å². The molecule has 3 aromatic rings. The second-order valence-corrected chi connectivity index (χ2v) is 5.25. The summed E-state index contributed by atoms with van der Waals surface area (Å²) in [5.41, 5.74) is 1.88. The molecule has 16 heavy (non-hydrogen) atoms. The van der Waals surface area contributed by atoms with Gasteiger partial charge < -0.3 is 24.0 Å². The molecule has 0 radical (unpaired) electrons. The summed E-state index contributed by atoms with van der Waals surface area (Å²) in [4.78, 5) is 8.55. The Labute approximate surface area is 149 Å². The van der Waals surface area contributed by atoms with Gasteiger partial charge in [-0.25, -0.2) is 9.97 Å². The average molecular weight is 289 g/mol. The second kappa shape index (κ2) is 5.03. The number of hydrogen-bond donors (Lipinski definition) is 0. The van der Waals surface area contributed by atoms with Gasteiger partial charge in [0.1, 0.15) is 0 Å². The molecule has 3 rings (SSSR count). The van der Waals surface area contributed by atoms with E-state index in [4.69, 9.17) is 24.8 Å². The predicted octanol–water partition coefficient (Wildman–Crippen LogP) is -0.417. The van der Waals surface area contributed by atoms with Crippen LogP contribution in [0.1, 0.15) is 0 Å². The first-order chi connectivity index (χ1) is 7.25. The standard InChI is InChI=1S/C9H5N3S3.K/c13-8-11-7-10-5-3-1-2-4-6(5)12(7)9(14)15-8;/h1-4H,(H,10,11,13);/q;+1/p-1. The topological polar surface area (TPSA) is 30.2 Å². The van der Waals surface area contributed by atoms with Crippen molar-refractivity contribution in [1.29, 1.82) is 0 Å². The van der Waals surface area contributed by atoms with Crippen molar-refractivity contribution in [3.8, 4) is 0 Å². The van der Waals surface area contributed by atoms with Crippen LogP contribution >= 0.6 is 23.6 Å². The molecule has 1 aromatic carbocycles. The van der Waals surface area contributed by atoms with Gasteiger partial charge in [-0.05, 0) is 16.5 Å². The quantitative estimate of drug-likeness (QED) is 0.320. The van der Waals surface area contributed by atoms with Crippen LogP contribution in [-0.4, -0.2) is 14.4 Å². The van der Waals surface area contributed by atoms with Gasteiger partial charge in [-0.15, -0.1) is 0 Å². The first-order valence-corrected chi connectivity index (χ1v) is 5.84. The Morgan fingerprint density at radius 3 is 2.81 bits per heavy atom. The molecule has 0 aliphatic heterocycles. The normalized spacial score (nSPS) is 10.5. The third-order valence-corrected chi connectivity index (χ3v) is 3.49. The molecule has 0 spiro atoms. The van der Waals surface area contributed by atoms with Crippen molar-refractivity contribution in [2.75, 3.05) is 0 Å². The zero-order chi connectivity index (χ0) is 10.4. The fourth-order valence-corrected chi connectivity index (χ4v) is 2.93. The van der Waals surface area contributed by atoms with Gasteiger partial charge in [0.05, 0.1) is 15.0 Å². The van der Waals surface area contributed by atoms with Crippen LogP contribution in [0.15, 0.2) is 28.6 Å². The number of nitrogens with zero attached hydrogens (tertiary/aromatic N) is 3. The van der Waals surface area contributed by atoms with Crippen molar-refractivity contribution in [3.63, 3.8) is 0 Å². The Morgan fingerprint density at radius 2 is 2.00 bits per heavy atom. The number of benzene rings is 1. The Hall–Kier alpha value is 0.526. The molecule has 0 aliphatic rings. The number of rotatable bonds is 0. The van der Waals surface area contributed by atoms with Crippen LogP contribution in [0.2, 0.25) is 0 Å². The van der Waals surface area contributed by atoms with Gasteiger partial charge >= 0.3 is 51.4 Å². The molecule has 0 fully saturated rings. The van der Waals surface area contributed by atoms with E-state index in [1.165, 1.54) is 11.3 Å². The minimum Gasteiger partial charge on any atom is -0.408 e. The zero-order valence-electron chi connectivity index (χ0n) is 8.38. The summed E-state index contributed by atoms with van der Waals surface area (Å²) in [6, 6.07) is 7.81. The molecule has 0 atom stereocenters. The summed E-state index contributed by atoms with van der Waals surface area (Å²) in [6.45, 7) is 0. The number of para-hydroxylation sites is 2. The fraction of sp³-hybridized carbons (Fsp3) is 0. The minimum atomic E-state index is 0. The van der Waals surface area contributed by atoms with Gasteiger partial charge in [0.25, 0.3) is 0 Å². The summed E-state index contributed by atoms with van der Waals surface area (Å²) in [5, 5.41) is 0. The number of imidazole rings is 1. The van der Waals surface area contributed by atoms with Gasteiger partial charge in [-0.2, -0.15) is 0 Å². The van der Waals surface area contributed by atoms with E-state index in [0.717, 1.165) is 11.0 Å². The number of aromatic nitrogens is 3. The molecule has 2 heterocycles. The number of fused-ring (bicyclic) bond motifs is 3. The summed E-state index contributed by atoms with van der Waals surface area (Å²) in [6.07, 6.45) is 0. The van der Waals surface area contributed by atoms with E-state index >= 15 is 0 Å². The van der Waals surface area contributed by atoms with Crippen molar-refractivity contribution < 1.29 is 51.4 Å². The van der Waals surface area contributed by atoms with Crippen LogP contribution in [0.4, 0.5) is 0 Å². The van der Waals surface area contributed by atoms with E-state index in [9.17, 15) is 0 Å². The van der Waals surface area contributed by atoms with Crippen LogP contribution in [-0.2, 0) is 12.6 Å². The van der Waals surface area contributed by atoms with E-state index in [1.807, 2.05) is 28.7 Å². The predicted molar refractivity (Wildman–Crippen MR) is 64.8 cm³/mol. The fourth-order valence-electron chi connectivity index (χ4n) is 1.49. The molecule has 0 bridgehead atoms. The van der Waals surface area contributed by atoms with Gasteiger partial charge in [-0.1, -0.05) is 24.4 Å². The van der Waals surface area contributed by atoms with E-state index in [0.29, 0.717) is 14.1 Å². The zero-order valence-corrected chi connectivity index (χ0v) is 13.9. The molecule has 0 amide bonds. The summed E-state index contributed by atoms with van der Waals surface area (Å²) >= 11 is 11.6. The summed E-state index contributed by atoms with van der Waals surface area (Å²) < 4.78 is 3.08. The largest absolute Gasteiger partial charge is 1.00 e. The van der Waals surface area contributed by atoms with Crippen LogP contribution < -0.4 is 51.4 Å². The van der Waals surface area contributed by atoms with Crippen molar-refractivity contribution in [3.05, 3.63) is 28.2 Å². The molecular formula is C9H4KN3S3.